The summed E-state index contributed by atoms with van der Waals surface area (Å²) in [7, 11) is 0. The van der Waals surface area contributed by atoms with Crippen LogP contribution in [-0.2, 0) is 18.8 Å². The molecule has 1 saturated heterocycles. The minimum Gasteiger partial charge on any atom is -0.487 e. The largest absolute Gasteiger partial charge is 0.487 e. The van der Waals surface area contributed by atoms with Gasteiger partial charge >= 0.3 is 6.03 Å². The van der Waals surface area contributed by atoms with Crippen molar-refractivity contribution in [2.24, 2.45) is 5.41 Å². The van der Waals surface area contributed by atoms with Gasteiger partial charge in [-0.15, -0.1) is 0 Å². The number of carbonyl (C=O) groups is 1. The van der Waals surface area contributed by atoms with Gasteiger partial charge in [-0.25, -0.2) is 4.79 Å². The molecule has 2 N–H and O–H groups in total. The molecule has 0 aliphatic carbocycles. The monoisotopic (exact) mass is 658 g/mol. The maximum absolute atomic E-state index is 13.9. The third-order valence-electron chi connectivity index (χ3n) is 8.95. The number of aliphatic hydroxyl groups is 1. The molecule has 8 heteroatoms. The Labute approximate surface area is 286 Å². The van der Waals surface area contributed by atoms with Crippen molar-refractivity contribution in [2.75, 3.05) is 19.6 Å². The predicted octanol–water partition coefficient (Wildman–Crippen LogP) is 8.18. The summed E-state index contributed by atoms with van der Waals surface area (Å²) >= 11 is 6.18. The highest BCUT2D eigenvalue weighted by molar-refractivity contribution is 6.30. The first-order valence-electron chi connectivity index (χ1n) is 16.8. The molecular weight excluding hydrogens is 608 g/mol. The molecule has 2 aromatic carbocycles. The number of urea groups is 1. The first-order chi connectivity index (χ1) is 22.1. The molecule has 5 rings (SSSR count). The minimum atomic E-state index is -0.971. The number of aromatic nitrogens is 1. The fourth-order valence-corrected chi connectivity index (χ4v) is 7.23. The topological polar surface area (TPSA) is 77.9 Å². The zero-order valence-electron chi connectivity index (χ0n) is 29.1. The number of hydrogen-bond acceptors (Lipinski definition) is 5. The van der Waals surface area contributed by atoms with Crippen molar-refractivity contribution in [2.45, 2.75) is 98.1 Å². The van der Waals surface area contributed by atoms with E-state index in [0.717, 1.165) is 78.2 Å². The molecule has 252 valence electrons. The van der Waals surface area contributed by atoms with Crippen LogP contribution in [0.3, 0.4) is 0 Å². The van der Waals surface area contributed by atoms with E-state index < -0.39 is 5.60 Å². The quantitative estimate of drug-likeness (QED) is 0.243. The first kappa shape index (κ1) is 34.9. The second kappa shape index (κ2) is 14.0. The van der Waals surface area contributed by atoms with Crippen LogP contribution < -0.4 is 10.1 Å². The van der Waals surface area contributed by atoms with Crippen LogP contribution in [0.25, 0.3) is 5.57 Å². The Bertz CT molecular complexity index is 1590. The SMILES string of the molecule is CC(C)(C)CC(C)(C)NC(=O)N(Cc1ccc(Cl)cc1)C1CCN(CC/C=C2\c3cc(C(C)(C)O)ccc3OCc3ncccc32)C1. The third kappa shape index (κ3) is 9.16. The van der Waals surface area contributed by atoms with Crippen molar-refractivity contribution < 1.29 is 14.6 Å². The standard InChI is InChI=1S/C39H51ClN4O3/c1-37(2,3)26-38(4,5)42-36(45)44(23-27-12-15-29(40)16-13-27)30-18-21-43(24-30)20-9-11-31-32-10-8-19-41-34(32)25-47-35-17-14-28(22-33(31)35)39(6,7)46/h8,10-17,19,22,30,46H,9,18,20-21,23-26H2,1-7H3,(H,42,45)/b31-11-. The Morgan fingerprint density at radius 3 is 2.53 bits per heavy atom. The number of pyridine rings is 1. The van der Waals surface area contributed by atoms with Gasteiger partial charge in [0, 0.05) is 60.1 Å². The number of nitrogens with one attached hydrogen (secondary N) is 1. The molecule has 2 aliphatic heterocycles. The van der Waals surface area contributed by atoms with Crippen molar-refractivity contribution in [3.05, 3.63) is 99.8 Å². The average molecular weight is 659 g/mol. The lowest BCUT2D eigenvalue weighted by atomic mass is 9.82. The Morgan fingerprint density at radius 1 is 1.09 bits per heavy atom. The molecule has 47 heavy (non-hydrogen) atoms. The van der Waals surface area contributed by atoms with Gasteiger partial charge in [0.25, 0.3) is 0 Å². The lowest BCUT2D eigenvalue weighted by molar-refractivity contribution is 0.0785. The van der Waals surface area contributed by atoms with E-state index in [-0.39, 0.29) is 23.0 Å². The number of carbonyl (C=O) groups excluding carboxylic acids is 1. The van der Waals surface area contributed by atoms with Gasteiger partial charge in [-0.05, 0) is 99.4 Å². The van der Waals surface area contributed by atoms with Crippen molar-refractivity contribution in [3.8, 4) is 5.75 Å². The molecule has 3 aromatic rings. The normalized spacial score (nSPS) is 17.9. The van der Waals surface area contributed by atoms with Crippen LogP contribution in [0.5, 0.6) is 5.75 Å². The van der Waals surface area contributed by atoms with E-state index >= 15 is 0 Å². The van der Waals surface area contributed by atoms with Gasteiger partial charge in [0.2, 0.25) is 0 Å². The number of benzene rings is 2. The summed E-state index contributed by atoms with van der Waals surface area (Å²) in [5.41, 5.74) is 4.69. The molecule has 1 aromatic heterocycles. The number of hydrogen-bond donors (Lipinski definition) is 2. The maximum Gasteiger partial charge on any atom is 0.318 e. The van der Waals surface area contributed by atoms with E-state index in [1.54, 1.807) is 20.0 Å². The number of likely N-dealkylation sites (tertiary alicyclic amines) is 1. The fraction of sp³-hybridized carbons (Fsp3) is 0.487. The van der Waals surface area contributed by atoms with Gasteiger partial charge in [0.1, 0.15) is 12.4 Å². The van der Waals surface area contributed by atoms with Crippen molar-refractivity contribution >= 4 is 23.2 Å². The van der Waals surface area contributed by atoms with Crippen molar-refractivity contribution in [1.29, 1.82) is 0 Å². The van der Waals surface area contributed by atoms with E-state index in [0.29, 0.717) is 18.2 Å². The highest BCUT2D eigenvalue weighted by atomic mass is 35.5. The average Bonchev–Trinajstić information content (AvgIpc) is 3.38. The molecule has 0 saturated carbocycles. The van der Waals surface area contributed by atoms with Gasteiger partial charge in [-0.2, -0.15) is 0 Å². The van der Waals surface area contributed by atoms with E-state index in [1.807, 2.05) is 53.4 Å². The van der Waals surface area contributed by atoms with E-state index in [1.165, 1.54) is 0 Å². The maximum atomic E-state index is 13.9. The zero-order valence-corrected chi connectivity index (χ0v) is 29.8. The first-order valence-corrected chi connectivity index (χ1v) is 17.2. The third-order valence-corrected chi connectivity index (χ3v) is 9.20. The lowest BCUT2D eigenvalue weighted by Gasteiger charge is -2.37. The zero-order chi connectivity index (χ0) is 34.0. The number of halogens is 1. The Balaban J connectivity index is 1.34. The fourth-order valence-electron chi connectivity index (χ4n) is 7.10. The lowest BCUT2D eigenvalue weighted by Crippen LogP contribution is -2.54. The van der Waals surface area contributed by atoms with Gasteiger partial charge < -0.3 is 25.0 Å². The highest BCUT2D eigenvalue weighted by Crippen LogP contribution is 2.39. The van der Waals surface area contributed by atoms with Gasteiger partial charge in [-0.3, -0.25) is 4.98 Å². The van der Waals surface area contributed by atoms with Crippen molar-refractivity contribution in [3.63, 3.8) is 0 Å². The summed E-state index contributed by atoms with van der Waals surface area (Å²) < 4.78 is 6.19. The predicted molar refractivity (Wildman–Crippen MR) is 190 cm³/mol. The number of amides is 2. The molecule has 1 unspecified atom stereocenters. The van der Waals surface area contributed by atoms with Crippen LogP contribution in [0.4, 0.5) is 4.79 Å². The van der Waals surface area contributed by atoms with Gasteiger partial charge in [0.05, 0.1) is 11.3 Å². The molecule has 0 spiro atoms. The summed E-state index contributed by atoms with van der Waals surface area (Å²) in [5.74, 6) is 0.793. The van der Waals surface area contributed by atoms with Crippen LogP contribution in [0.15, 0.2) is 66.9 Å². The number of ether oxygens (including phenoxy) is 1. The van der Waals surface area contributed by atoms with Crippen LogP contribution in [0.1, 0.15) is 95.7 Å². The van der Waals surface area contributed by atoms with E-state index in [2.05, 4.69) is 62.0 Å². The molecule has 7 nitrogen and oxygen atoms in total. The molecular formula is C39H51ClN4O3. The van der Waals surface area contributed by atoms with E-state index in [4.69, 9.17) is 16.3 Å². The summed E-state index contributed by atoms with van der Waals surface area (Å²) in [6.45, 7) is 18.0. The van der Waals surface area contributed by atoms with Crippen molar-refractivity contribution in [1.82, 2.24) is 20.1 Å². The second-order valence-corrected chi connectivity index (χ2v) is 15.9. The van der Waals surface area contributed by atoms with E-state index in [9.17, 15) is 9.90 Å². The van der Waals surface area contributed by atoms with Crippen LogP contribution in [-0.4, -0.2) is 57.1 Å². The Morgan fingerprint density at radius 2 is 1.83 bits per heavy atom. The Kier molecular flexibility index (Phi) is 10.4. The molecule has 1 atom stereocenters. The second-order valence-electron chi connectivity index (χ2n) is 15.5. The smallest absolute Gasteiger partial charge is 0.318 e. The molecule has 2 amide bonds. The van der Waals surface area contributed by atoms with Crippen LogP contribution in [0.2, 0.25) is 5.02 Å². The molecule has 3 heterocycles. The molecule has 0 bridgehead atoms. The summed E-state index contributed by atoms with van der Waals surface area (Å²) in [6, 6.07) is 17.9. The van der Waals surface area contributed by atoms with Gasteiger partial charge in [0.15, 0.2) is 0 Å². The Hall–Kier alpha value is -3.39. The number of nitrogens with zero attached hydrogens (tertiary/aromatic N) is 3. The molecule has 1 fully saturated rings. The minimum absolute atomic E-state index is 0.0232. The summed E-state index contributed by atoms with van der Waals surface area (Å²) in [5, 5.41) is 14.8. The van der Waals surface area contributed by atoms with Crippen LogP contribution >= 0.6 is 11.6 Å². The van der Waals surface area contributed by atoms with Crippen LogP contribution in [0, 0.1) is 5.41 Å². The highest BCUT2D eigenvalue weighted by Gasteiger charge is 2.34. The number of fused-ring (bicyclic) bond motifs is 2. The summed E-state index contributed by atoms with van der Waals surface area (Å²) in [4.78, 5) is 23.0. The molecule has 0 radical (unpaired) electrons. The number of rotatable bonds is 9. The molecule has 2 aliphatic rings. The summed E-state index contributed by atoms with van der Waals surface area (Å²) in [6.07, 6.45) is 6.69. The van der Waals surface area contributed by atoms with Gasteiger partial charge in [-0.1, -0.05) is 62.7 Å².